The number of carbonyl (C=O) groups is 1. The van der Waals surface area contributed by atoms with E-state index in [-0.39, 0.29) is 0 Å². The van der Waals surface area contributed by atoms with Crippen molar-refractivity contribution in [3.63, 3.8) is 0 Å². The van der Waals surface area contributed by atoms with Crippen LogP contribution in [0.5, 0.6) is 0 Å². The predicted molar refractivity (Wildman–Crippen MR) is 38.0 cm³/mol. The summed E-state index contributed by atoms with van der Waals surface area (Å²) in [6, 6.07) is 0.317. The van der Waals surface area contributed by atoms with Crippen LogP contribution >= 0.6 is 0 Å². The van der Waals surface area contributed by atoms with Crippen molar-refractivity contribution < 1.29 is 9.90 Å². The van der Waals surface area contributed by atoms with Gasteiger partial charge in [0.1, 0.15) is 0 Å². The quantitative estimate of drug-likeness (QED) is 0.593. The molecule has 1 saturated heterocycles. The number of rotatable bonds is 2. The molecule has 0 saturated carbocycles. The maximum atomic E-state index is 10.3. The van der Waals surface area contributed by atoms with E-state index in [9.17, 15) is 4.79 Å². The molecule has 1 amide bonds. The maximum absolute atomic E-state index is 10.3. The highest BCUT2D eigenvalue weighted by Gasteiger charge is 2.38. The second-order valence-electron chi connectivity index (χ2n) is 3.22. The molecule has 58 valence electrons. The fraction of sp³-hybridized carbons (Fsp3) is 0.857. The Labute approximate surface area is 60.6 Å². The third kappa shape index (κ3) is 1.62. The van der Waals surface area contributed by atoms with Gasteiger partial charge < -0.3 is 10.0 Å². The molecule has 1 N–H and O–H groups in total. The first kappa shape index (κ1) is 7.38. The summed E-state index contributed by atoms with van der Waals surface area (Å²) in [5.74, 6) is 0.606. The van der Waals surface area contributed by atoms with E-state index in [2.05, 4.69) is 13.8 Å². The van der Waals surface area contributed by atoms with E-state index in [1.54, 1.807) is 0 Å². The molecule has 3 nitrogen and oxygen atoms in total. The molecule has 0 aromatic rings. The molecule has 0 aliphatic carbocycles. The molecule has 0 bridgehead atoms. The van der Waals surface area contributed by atoms with Crippen LogP contribution in [0.25, 0.3) is 0 Å². The van der Waals surface area contributed by atoms with Crippen molar-refractivity contribution in [2.45, 2.75) is 26.3 Å². The first-order valence-corrected chi connectivity index (χ1v) is 3.61. The molecule has 1 unspecified atom stereocenters. The Morgan fingerprint density at radius 1 is 1.80 bits per heavy atom. The van der Waals surface area contributed by atoms with Gasteiger partial charge >= 0.3 is 6.09 Å². The number of carboxylic acid groups (broad SMARTS) is 1. The van der Waals surface area contributed by atoms with E-state index in [1.165, 1.54) is 4.90 Å². The molecule has 1 fully saturated rings. The van der Waals surface area contributed by atoms with Crippen LogP contribution < -0.4 is 0 Å². The Morgan fingerprint density at radius 3 is 2.70 bits per heavy atom. The van der Waals surface area contributed by atoms with Gasteiger partial charge in [-0.3, -0.25) is 0 Å². The Morgan fingerprint density at radius 2 is 2.40 bits per heavy atom. The van der Waals surface area contributed by atoms with Gasteiger partial charge in [-0.25, -0.2) is 4.79 Å². The van der Waals surface area contributed by atoms with Crippen LogP contribution in [-0.4, -0.2) is 28.7 Å². The molecule has 0 aromatic carbocycles. The number of hydrogen-bond acceptors (Lipinski definition) is 1. The van der Waals surface area contributed by atoms with Gasteiger partial charge in [0.2, 0.25) is 0 Å². The molecule has 1 aliphatic rings. The summed E-state index contributed by atoms with van der Waals surface area (Å²) in [5.41, 5.74) is 0. The van der Waals surface area contributed by atoms with E-state index >= 15 is 0 Å². The zero-order chi connectivity index (χ0) is 7.72. The van der Waals surface area contributed by atoms with Gasteiger partial charge in [0.25, 0.3) is 0 Å². The third-order valence-electron chi connectivity index (χ3n) is 1.70. The third-order valence-corrected chi connectivity index (χ3v) is 1.70. The first-order valence-electron chi connectivity index (χ1n) is 3.61. The van der Waals surface area contributed by atoms with E-state index in [4.69, 9.17) is 5.11 Å². The second-order valence-corrected chi connectivity index (χ2v) is 3.22. The van der Waals surface area contributed by atoms with Crippen LogP contribution in [0, 0.1) is 5.92 Å². The van der Waals surface area contributed by atoms with Gasteiger partial charge in [-0.15, -0.1) is 0 Å². The van der Waals surface area contributed by atoms with Gasteiger partial charge in [0, 0.05) is 6.54 Å². The maximum Gasteiger partial charge on any atom is 0.407 e. The van der Waals surface area contributed by atoms with Gasteiger partial charge in [-0.05, 0) is 12.3 Å². The van der Waals surface area contributed by atoms with Gasteiger partial charge in [-0.1, -0.05) is 13.8 Å². The van der Waals surface area contributed by atoms with Crippen LogP contribution in [0.15, 0.2) is 0 Å². The molecule has 1 heterocycles. The highest BCUT2D eigenvalue weighted by molar-refractivity contribution is 5.68. The number of nitrogens with zero attached hydrogens (tertiary/aromatic N) is 1. The topological polar surface area (TPSA) is 40.3 Å². The summed E-state index contributed by atoms with van der Waals surface area (Å²) in [6.07, 6.45) is 0.234. The second kappa shape index (κ2) is 2.48. The van der Waals surface area contributed by atoms with E-state index < -0.39 is 6.09 Å². The standard InChI is InChI=1S/C7H13NO2/c1-5(2)3-6-4-8(6)7(9)10/h5-6H,3-4H2,1-2H3,(H,9,10). The van der Waals surface area contributed by atoms with E-state index in [1.807, 2.05) is 0 Å². The lowest BCUT2D eigenvalue weighted by atomic mass is 10.1. The molecule has 0 aromatic heterocycles. The fourth-order valence-corrected chi connectivity index (χ4v) is 1.16. The molecular formula is C7H13NO2. The summed E-state index contributed by atoms with van der Waals surface area (Å²) >= 11 is 0. The molecule has 3 heteroatoms. The van der Waals surface area contributed by atoms with Crippen molar-refractivity contribution in [1.29, 1.82) is 0 Å². The summed E-state index contributed by atoms with van der Waals surface area (Å²) in [5, 5.41) is 8.46. The summed E-state index contributed by atoms with van der Waals surface area (Å²) < 4.78 is 0. The zero-order valence-corrected chi connectivity index (χ0v) is 6.37. The highest BCUT2D eigenvalue weighted by Crippen LogP contribution is 2.23. The van der Waals surface area contributed by atoms with E-state index in [0.29, 0.717) is 12.0 Å². The highest BCUT2D eigenvalue weighted by atomic mass is 16.4. The van der Waals surface area contributed by atoms with Gasteiger partial charge in [-0.2, -0.15) is 0 Å². The largest absolute Gasteiger partial charge is 0.465 e. The lowest BCUT2D eigenvalue weighted by Crippen LogP contribution is -2.10. The van der Waals surface area contributed by atoms with Crippen molar-refractivity contribution in [2.75, 3.05) is 6.54 Å². The summed E-state index contributed by atoms with van der Waals surface area (Å²) in [7, 11) is 0. The SMILES string of the molecule is CC(C)CC1CN1C(=O)O. The van der Waals surface area contributed by atoms with E-state index in [0.717, 1.165) is 13.0 Å². The lowest BCUT2D eigenvalue weighted by Gasteiger charge is -2.01. The monoisotopic (exact) mass is 143 g/mol. The summed E-state index contributed by atoms with van der Waals surface area (Å²) in [6.45, 7) is 4.96. The Hall–Kier alpha value is -0.730. The van der Waals surface area contributed by atoms with Crippen LogP contribution in [0.1, 0.15) is 20.3 Å². The normalized spacial score (nSPS) is 23.5. The van der Waals surface area contributed by atoms with Crippen molar-refractivity contribution in [3.8, 4) is 0 Å². The minimum atomic E-state index is -0.773. The fourth-order valence-electron chi connectivity index (χ4n) is 1.16. The average molecular weight is 143 g/mol. The van der Waals surface area contributed by atoms with Gasteiger partial charge in [0.15, 0.2) is 0 Å². The average Bonchev–Trinajstić information content (AvgIpc) is 2.43. The first-order chi connectivity index (χ1) is 4.61. The number of hydrogen-bond donors (Lipinski definition) is 1. The zero-order valence-electron chi connectivity index (χ0n) is 6.37. The van der Waals surface area contributed by atoms with Gasteiger partial charge in [0.05, 0.1) is 6.04 Å². The molecule has 0 spiro atoms. The Kier molecular flexibility index (Phi) is 1.83. The molecular weight excluding hydrogens is 130 g/mol. The van der Waals surface area contributed by atoms with Crippen LogP contribution in [-0.2, 0) is 0 Å². The van der Waals surface area contributed by atoms with Crippen LogP contribution in [0.3, 0.4) is 0 Å². The van der Waals surface area contributed by atoms with Crippen LogP contribution in [0.2, 0.25) is 0 Å². The van der Waals surface area contributed by atoms with Crippen molar-refractivity contribution in [2.24, 2.45) is 5.92 Å². The molecule has 10 heavy (non-hydrogen) atoms. The molecule has 1 aliphatic heterocycles. The van der Waals surface area contributed by atoms with Crippen molar-refractivity contribution in [1.82, 2.24) is 4.90 Å². The smallest absolute Gasteiger partial charge is 0.407 e. The van der Waals surface area contributed by atoms with Crippen molar-refractivity contribution >= 4 is 6.09 Å². The Bertz CT molecular complexity index is 145. The minimum Gasteiger partial charge on any atom is -0.465 e. The number of amides is 1. The minimum absolute atomic E-state index is 0.317. The molecule has 0 radical (unpaired) electrons. The molecule has 1 rings (SSSR count). The molecule has 1 atom stereocenters. The Balaban J connectivity index is 2.20. The van der Waals surface area contributed by atoms with Crippen molar-refractivity contribution in [3.05, 3.63) is 0 Å². The lowest BCUT2D eigenvalue weighted by molar-refractivity contribution is 0.175. The predicted octanol–water partition coefficient (Wildman–Crippen LogP) is 1.39. The summed E-state index contributed by atoms with van der Waals surface area (Å²) in [4.78, 5) is 11.8. The van der Waals surface area contributed by atoms with Crippen LogP contribution in [0.4, 0.5) is 4.79 Å².